The van der Waals surface area contributed by atoms with E-state index < -0.39 is 6.03 Å². The number of aromatic nitrogens is 3. The molecule has 2 amide bonds. The lowest BCUT2D eigenvalue weighted by Gasteiger charge is -2.09. The van der Waals surface area contributed by atoms with Crippen molar-refractivity contribution < 1.29 is 4.79 Å². The molecule has 2 heterocycles. The maximum Gasteiger partial charge on any atom is 0.312 e. The summed E-state index contributed by atoms with van der Waals surface area (Å²) in [6.07, 6.45) is 5.38. The number of rotatable bonds is 5. The molecule has 0 radical (unpaired) electrons. The number of nitrogens with zero attached hydrogens (tertiary/aromatic N) is 3. The minimum atomic E-state index is -0.542. The molecule has 8 nitrogen and oxygen atoms in total. The first-order valence-electron chi connectivity index (χ1n) is 5.49. The van der Waals surface area contributed by atoms with Gasteiger partial charge in [0.25, 0.3) is 0 Å². The van der Waals surface area contributed by atoms with E-state index in [4.69, 9.17) is 5.73 Å². The lowest BCUT2D eigenvalue weighted by atomic mass is 10.5. The van der Waals surface area contributed by atoms with E-state index >= 15 is 0 Å². The molecule has 0 aromatic carbocycles. The largest absolute Gasteiger partial charge is 0.372 e. The smallest absolute Gasteiger partial charge is 0.312 e. The van der Waals surface area contributed by atoms with Crippen LogP contribution in [0.1, 0.15) is 0 Å². The fraction of sp³-hybridized carbons (Fsp3) is 0.300. The Kier molecular flexibility index (Phi) is 3.46. The Morgan fingerprint density at radius 3 is 3.06 bits per heavy atom. The molecule has 8 heteroatoms. The minimum absolute atomic E-state index is 0.424. The number of anilines is 2. The molecular formula is C10H15N7O. The average Bonchev–Trinajstić information content (AvgIpc) is 2.82. The van der Waals surface area contributed by atoms with Crippen molar-refractivity contribution >= 4 is 23.3 Å². The average molecular weight is 249 g/mol. The van der Waals surface area contributed by atoms with Crippen LogP contribution in [0.4, 0.5) is 16.4 Å². The first-order chi connectivity index (χ1) is 8.70. The van der Waals surface area contributed by atoms with Crippen LogP contribution in [0.2, 0.25) is 0 Å². The number of nitrogens with two attached hydrogens (primary N) is 1. The summed E-state index contributed by atoms with van der Waals surface area (Å²) in [6, 6.07) is -0.542. The molecule has 0 aliphatic rings. The van der Waals surface area contributed by atoms with Gasteiger partial charge in [-0.15, -0.1) is 0 Å². The van der Waals surface area contributed by atoms with Crippen molar-refractivity contribution in [1.29, 1.82) is 0 Å². The summed E-state index contributed by atoms with van der Waals surface area (Å²) in [4.78, 5) is 19.1. The van der Waals surface area contributed by atoms with E-state index in [9.17, 15) is 4.79 Å². The predicted molar refractivity (Wildman–Crippen MR) is 68.6 cm³/mol. The maximum absolute atomic E-state index is 10.5. The van der Waals surface area contributed by atoms with Crippen LogP contribution in [-0.4, -0.2) is 40.5 Å². The summed E-state index contributed by atoms with van der Waals surface area (Å²) in [5, 5.41) is 8.56. The standard InChI is InChI=1S/C10H15N7O/c1-12-7-6-17-5-4-14-9(17)8(16-7)13-2-3-15-10(11)18/h4-6,12H,2-3H2,1H3,(H,13,16)(H3,11,15,18). The van der Waals surface area contributed by atoms with Gasteiger partial charge in [0.2, 0.25) is 0 Å². The Hall–Kier alpha value is -2.51. The second-order valence-electron chi connectivity index (χ2n) is 3.60. The van der Waals surface area contributed by atoms with E-state index in [1.807, 2.05) is 16.8 Å². The molecule has 0 saturated heterocycles. The second kappa shape index (κ2) is 5.21. The Morgan fingerprint density at radius 2 is 2.33 bits per heavy atom. The van der Waals surface area contributed by atoms with Gasteiger partial charge in [-0.05, 0) is 0 Å². The molecule has 0 spiro atoms. The molecule has 0 atom stereocenters. The van der Waals surface area contributed by atoms with Gasteiger partial charge >= 0.3 is 6.03 Å². The number of urea groups is 1. The molecular weight excluding hydrogens is 234 g/mol. The predicted octanol–water partition coefficient (Wildman–Crippen LogP) is -0.149. The first-order valence-corrected chi connectivity index (χ1v) is 5.49. The van der Waals surface area contributed by atoms with Crippen LogP contribution in [0.5, 0.6) is 0 Å². The van der Waals surface area contributed by atoms with E-state index in [1.54, 1.807) is 13.2 Å². The zero-order valence-corrected chi connectivity index (χ0v) is 9.97. The number of carbonyl (C=O) groups excluding carboxylic acids is 1. The molecule has 0 aliphatic carbocycles. The molecule has 2 aromatic rings. The maximum atomic E-state index is 10.5. The molecule has 2 rings (SSSR count). The van der Waals surface area contributed by atoms with Crippen molar-refractivity contribution in [2.45, 2.75) is 0 Å². The third-order valence-corrected chi connectivity index (χ3v) is 2.35. The summed E-state index contributed by atoms with van der Waals surface area (Å²) in [7, 11) is 1.80. The normalized spacial score (nSPS) is 10.3. The second-order valence-corrected chi connectivity index (χ2v) is 3.60. The van der Waals surface area contributed by atoms with Gasteiger partial charge in [-0.2, -0.15) is 0 Å². The first kappa shape index (κ1) is 12.0. The van der Waals surface area contributed by atoms with Crippen LogP contribution in [-0.2, 0) is 0 Å². The highest BCUT2D eigenvalue weighted by Crippen LogP contribution is 2.15. The minimum Gasteiger partial charge on any atom is -0.372 e. The van der Waals surface area contributed by atoms with Crippen molar-refractivity contribution in [1.82, 2.24) is 19.7 Å². The molecule has 0 unspecified atom stereocenters. The van der Waals surface area contributed by atoms with Crippen LogP contribution >= 0.6 is 0 Å². The Balaban J connectivity index is 2.10. The van der Waals surface area contributed by atoms with Gasteiger partial charge in [0.15, 0.2) is 11.5 Å². The molecule has 2 aromatic heterocycles. The van der Waals surface area contributed by atoms with Crippen molar-refractivity contribution in [2.75, 3.05) is 30.8 Å². The SMILES string of the molecule is CNc1cn2ccnc2c(NCCNC(N)=O)n1. The number of nitrogens with one attached hydrogen (secondary N) is 3. The van der Waals surface area contributed by atoms with E-state index in [2.05, 4.69) is 25.9 Å². The molecule has 96 valence electrons. The van der Waals surface area contributed by atoms with E-state index in [-0.39, 0.29) is 0 Å². The number of primary amides is 1. The number of hydrogen-bond acceptors (Lipinski definition) is 5. The highest BCUT2D eigenvalue weighted by Gasteiger charge is 2.06. The summed E-state index contributed by atoms with van der Waals surface area (Å²) in [6.45, 7) is 0.944. The third kappa shape index (κ3) is 2.59. The molecule has 18 heavy (non-hydrogen) atoms. The van der Waals surface area contributed by atoms with Crippen molar-refractivity contribution in [3.05, 3.63) is 18.6 Å². The number of amides is 2. The Morgan fingerprint density at radius 1 is 1.50 bits per heavy atom. The third-order valence-electron chi connectivity index (χ3n) is 2.35. The molecule has 0 fully saturated rings. The summed E-state index contributed by atoms with van der Waals surface area (Å²) < 4.78 is 1.86. The van der Waals surface area contributed by atoms with Crippen LogP contribution < -0.4 is 21.7 Å². The molecule has 0 bridgehead atoms. The quantitative estimate of drug-likeness (QED) is 0.551. The van der Waals surface area contributed by atoms with E-state index in [1.165, 1.54) is 0 Å². The summed E-state index contributed by atoms with van der Waals surface area (Å²) in [5.41, 5.74) is 5.70. The zero-order valence-electron chi connectivity index (χ0n) is 9.97. The van der Waals surface area contributed by atoms with Crippen LogP contribution in [0, 0.1) is 0 Å². The lowest BCUT2D eigenvalue weighted by molar-refractivity contribution is 0.249. The van der Waals surface area contributed by atoms with Crippen LogP contribution in [0.15, 0.2) is 18.6 Å². The highest BCUT2D eigenvalue weighted by atomic mass is 16.2. The number of fused-ring (bicyclic) bond motifs is 1. The van der Waals surface area contributed by atoms with Gasteiger partial charge in [-0.1, -0.05) is 0 Å². The monoisotopic (exact) mass is 249 g/mol. The van der Waals surface area contributed by atoms with Gasteiger partial charge in [0, 0.05) is 32.5 Å². The number of hydrogen-bond donors (Lipinski definition) is 4. The fourth-order valence-electron chi connectivity index (χ4n) is 1.54. The topological polar surface area (TPSA) is 109 Å². The summed E-state index contributed by atoms with van der Waals surface area (Å²) in [5.74, 6) is 1.38. The van der Waals surface area contributed by atoms with Gasteiger partial charge in [0.05, 0.1) is 6.20 Å². The van der Waals surface area contributed by atoms with Gasteiger partial charge in [0.1, 0.15) is 5.82 Å². The molecule has 0 saturated carbocycles. The Bertz CT molecular complexity index is 550. The van der Waals surface area contributed by atoms with E-state index in [0.29, 0.717) is 18.9 Å². The fourth-order valence-corrected chi connectivity index (χ4v) is 1.54. The van der Waals surface area contributed by atoms with Crippen molar-refractivity contribution in [3.63, 3.8) is 0 Å². The van der Waals surface area contributed by atoms with Gasteiger partial charge in [-0.25, -0.2) is 14.8 Å². The lowest BCUT2D eigenvalue weighted by Crippen LogP contribution is -2.33. The number of carbonyl (C=O) groups is 1. The van der Waals surface area contributed by atoms with Crippen molar-refractivity contribution in [3.8, 4) is 0 Å². The number of imidazole rings is 1. The summed E-state index contributed by atoms with van der Waals surface area (Å²) >= 11 is 0. The van der Waals surface area contributed by atoms with Gasteiger partial charge < -0.3 is 26.1 Å². The molecule has 0 aliphatic heterocycles. The van der Waals surface area contributed by atoms with Gasteiger partial charge in [-0.3, -0.25) is 0 Å². The van der Waals surface area contributed by atoms with Crippen LogP contribution in [0.25, 0.3) is 5.65 Å². The zero-order chi connectivity index (χ0) is 13.0. The highest BCUT2D eigenvalue weighted by molar-refractivity contribution is 5.71. The van der Waals surface area contributed by atoms with Crippen molar-refractivity contribution in [2.24, 2.45) is 5.73 Å². The Labute approximate surface area is 104 Å². The van der Waals surface area contributed by atoms with E-state index in [0.717, 1.165) is 11.5 Å². The van der Waals surface area contributed by atoms with Crippen LogP contribution in [0.3, 0.4) is 0 Å². The molecule has 5 N–H and O–H groups in total.